The maximum atomic E-state index is 11.9. The van der Waals surface area contributed by atoms with Crippen LogP contribution in [0, 0.1) is 0 Å². The maximum absolute atomic E-state index is 11.9. The molecule has 0 spiro atoms. The molecule has 28 heavy (non-hydrogen) atoms. The molecule has 0 aliphatic rings. The molecule has 0 atom stereocenters. The van der Waals surface area contributed by atoms with Crippen molar-refractivity contribution in [1.29, 1.82) is 0 Å². The molecule has 4 rings (SSSR count). The molecule has 0 unspecified atom stereocenters. The number of thiazole rings is 1. The topological polar surface area (TPSA) is 81.7 Å². The Kier molecular flexibility index (Phi) is 5.20. The van der Waals surface area contributed by atoms with Crippen molar-refractivity contribution in [3.63, 3.8) is 0 Å². The van der Waals surface area contributed by atoms with Crippen LogP contribution in [0.2, 0.25) is 0 Å². The number of hydrogen-bond donors (Lipinski definition) is 1. The molecule has 1 N–H and O–H groups in total. The number of carbonyl (C=O) groups excluding carboxylic acids is 1. The quantitative estimate of drug-likeness (QED) is 0.486. The lowest BCUT2D eigenvalue weighted by atomic mass is 10.2. The summed E-state index contributed by atoms with van der Waals surface area (Å²) in [6, 6.07) is 11.2. The Morgan fingerprint density at radius 1 is 1.32 bits per heavy atom. The number of methoxy groups -OCH3 is 1. The van der Waals surface area contributed by atoms with E-state index in [1.807, 2.05) is 34.2 Å². The standard InChI is InChI=1S/C20H18N4O3S/c1-26-16-6-4-14(5-7-16)19-22-20-24(23-19)15(13-28-20)10-11-21-18(25)9-8-17-3-2-12-27-17/h2-9,12-13H,10-11H2,1H3,(H,21,25)/b9-8+. The van der Waals surface area contributed by atoms with Gasteiger partial charge in [0.15, 0.2) is 5.82 Å². The van der Waals surface area contributed by atoms with Gasteiger partial charge in [-0.05, 0) is 42.5 Å². The molecule has 0 saturated carbocycles. The zero-order valence-corrected chi connectivity index (χ0v) is 16.0. The van der Waals surface area contributed by atoms with E-state index in [-0.39, 0.29) is 5.91 Å². The van der Waals surface area contributed by atoms with E-state index in [9.17, 15) is 4.79 Å². The highest BCUT2D eigenvalue weighted by molar-refractivity contribution is 7.15. The van der Waals surface area contributed by atoms with Crippen LogP contribution in [0.4, 0.5) is 0 Å². The highest BCUT2D eigenvalue weighted by Gasteiger charge is 2.11. The van der Waals surface area contributed by atoms with Crippen molar-refractivity contribution in [2.75, 3.05) is 13.7 Å². The highest BCUT2D eigenvalue weighted by Crippen LogP contribution is 2.23. The number of rotatable bonds is 7. The second-order valence-corrected chi connectivity index (χ2v) is 6.81. The van der Waals surface area contributed by atoms with Crippen molar-refractivity contribution in [2.24, 2.45) is 0 Å². The lowest BCUT2D eigenvalue weighted by Crippen LogP contribution is -2.23. The summed E-state index contributed by atoms with van der Waals surface area (Å²) >= 11 is 1.53. The van der Waals surface area contributed by atoms with E-state index < -0.39 is 0 Å². The van der Waals surface area contributed by atoms with Crippen LogP contribution >= 0.6 is 11.3 Å². The van der Waals surface area contributed by atoms with Gasteiger partial charge in [0.25, 0.3) is 0 Å². The van der Waals surface area contributed by atoms with Crippen LogP contribution in [0.3, 0.4) is 0 Å². The molecule has 1 amide bonds. The SMILES string of the molecule is COc1ccc(-c2nc3scc(CCNC(=O)/C=C/c4ccco4)n3n2)cc1. The van der Waals surface area contributed by atoms with E-state index in [1.165, 1.54) is 17.4 Å². The smallest absolute Gasteiger partial charge is 0.244 e. The summed E-state index contributed by atoms with van der Waals surface area (Å²) in [5.74, 6) is 1.94. The number of hydrogen-bond acceptors (Lipinski definition) is 6. The number of furan rings is 1. The predicted octanol–water partition coefficient (Wildman–Crippen LogP) is 3.43. The van der Waals surface area contributed by atoms with Gasteiger partial charge in [-0.1, -0.05) is 0 Å². The van der Waals surface area contributed by atoms with E-state index in [2.05, 4.69) is 15.4 Å². The Hall–Kier alpha value is -3.39. The van der Waals surface area contributed by atoms with Crippen molar-refractivity contribution in [1.82, 2.24) is 19.9 Å². The van der Waals surface area contributed by atoms with E-state index in [1.54, 1.807) is 31.6 Å². The number of fused-ring (bicyclic) bond motifs is 1. The third-order valence-corrected chi connectivity index (χ3v) is 4.99. The largest absolute Gasteiger partial charge is 0.497 e. The van der Waals surface area contributed by atoms with Crippen molar-refractivity contribution in [3.8, 4) is 17.1 Å². The molecule has 0 aliphatic carbocycles. The van der Waals surface area contributed by atoms with Gasteiger partial charge in [-0.15, -0.1) is 16.4 Å². The molecule has 0 aliphatic heterocycles. The van der Waals surface area contributed by atoms with Gasteiger partial charge in [-0.25, -0.2) is 4.52 Å². The zero-order chi connectivity index (χ0) is 19.3. The minimum Gasteiger partial charge on any atom is -0.497 e. The van der Waals surface area contributed by atoms with Gasteiger partial charge in [0.05, 0.1) is 19.1 Å². The molecule has 3 heterocycles. The molecule has 0 fully saturated rings. The number of amides is 1. The predicted molar refractivity (Wildman–Crippen MR) is 107 cm³/mol. The summed E-state index contributed by atoms with van der Waals surface area (Å²) in [5, 5.41) is 9.48. The first-order valence-corrected chi connectivity index (χ1v) is 9.58. The van der Waals surface area contributed by atoms with Crippen molar-refractivity contribution in [2.45, 2.75) is 6.42 Å². The lowest BCUT2D eigenvalue weighted by Gasteiger charge is -2.01. The lowest BCUT2D eigenvalue weighted by molar-refractivity contribution is -0.116. The van der Waals surface area contributed by atoms with Crippen LogP contribution in [0.5, 0.6) is 5.75 Å². The first-order chi connectivity index (χ1) is 13.7. The summed E-state index contributed by atoms with van der Waals surface area (Å²) in [7, 11) is 1.64. The summed E-state index contributed by atoms with van der Waals surface area (Å²) < 4.78 is 12.2. The summed E-state index contributed by atoms with van der Waals surface area (Å²) in [6.45, 7) is 0.505. The molecule has 1 aromatic carbocycles. The Morgan fingerprint density at radius 2 is 2.18 bits per heavy atom. The molecule has 3 aromatic heterocycles. The average Bonchev–Trinajstić information content (AvgIpc) is 3.45. The van der Waals surface area contributed by atoms with E-state index in [0.717, 1.165) is 22.0 Å². The fourth-order valence-electron chi connectivity index (χ4n) is 2.68. The van der Waals surface area contributed by atoms with E-state index >= 15 is 0 Å². The third-order valence-electron chi connectivity index (χ3n) is 4.12. The van der Waals surface area contributed by atoms with E-state index in [4.69, 9.17) is 9.15 Å². The molecule has 7 nitrogen and oxygen atoms in total. The molecule has 0 saturated heterocycles. The van der Waals surface area contributed by atoms with Crippen LogP contribution < -0.4 is 10.1 Å². The third kappa shape index (κ3) is 3.96. The summed E-state index contributed by atoms with van der Waals surface area (Å²) in [4.78, 5) is 17.3. The zero-order valence-electron chi connectivity index (χ0n) is 15.2. The molecular formula is C20H18N4O3S. The van der Waals surface area contributed by atoms with Gasteiger partial charge >= 0.3 is 0 Å². The molecular weight excluding hydrogens is 376 g/mol. The second-order valence-electron chi connectivity index (χ2n) is 5.98. The van der Waals surface area contributed by atoms with Gasteiger partial charge in [-0.2, -0.15) is 4.98 Å². The van der Waals surface area contributed by atoms with Crippen LogP contribution in [0.25, 0.3) is 22.4 Å². The fraction of sp³-hybridized carbons (Fsp3) is 0.150. The number of nitrogens with one attached hydrogen (secondary N) is 1. The molecule has 8 heteroatoms. The minimum atomic E-state index is -0.166. The van der Waals surface area contributed by atoms with Crippen molar-refractivity contribution < 1.29 is 13.9 Å². The van der Waals surface area contributed by atoms with Crippen LogP contribution in [-0.2, 0) is 11.2 Å². The molecule has 4 aromatic rings. The van der Waals surface area contributed by atoms with Crippen LogP contribution in [-0.4, -0.2) is 34.2 Å². The van der Waals surface area contributed by atoms with Gasteiger partial charge in [0.1, 0.15) is 11.5 Å². The Morgan fingerprint density at radius 3 is 2.93 bits per heavy atom. The number of nitrogens with zero attached hydrogens (tertiary/aromatic N) is 3. The average molecular weight is 394 g/mol. The van der Waals surface area contributed by atoms with Gasteiger partial charge < -0.3 is 14.5 Å². The molecule has 142 valence electrons. The fourth-order valence-corrected chi connectivity index (χ4v) is 3.53. The Balaban J connectivity index is 1.39. The van der Waals surface area contributed by atoms with Crippen molar-refractivity contribution in [3.05, 3.63) is 65.6 Å². The van der Waals surface area contributed by atoms with Gasteiger partial charge in [0.2, 0.25) is 10.9 Å². The first-order valence-electron chi connectivity index (χ1n) is 8.70. The summed E-state index contributed by atoms with van der Waals surface area (Å²) in [6.07, 6.45) is 5.32. The Bertz CT molecular complexity index is 1090. The second kappa shape index (κ2) is 8.10. The normalized spacial score (nSPS) is 11.3. The first kappa shape index (κ1) is 18.0. The monoisotopic (exact) mass is 394 g/mol. The van der Waals surface area contributed by atoms with E-state index in [0.29, 0.717) is 24.6 Å². The van der Waals surface area contributed by atoms with Gasteiger partial charge in [0, 0.05) is 30.0 Å². The molecule has 0 bridgehead atoms. The summed E-state index contributed by atoms with van der Waals surface area (Å²) in [5.41, 5.74) is 1.93. The highest BCUT2D eigenvalue weighted by atomic mass is 32.1. The number of ether oxygens (including phenoxy) is 1. The van der Waals surface area contributed by atoms with Crippen LogP contribution in [0.1, 0.15) is 11.5 Å². The van der Waals surface area contributed by atoms with Crippen LogP contribution in [0.15, 0.2) is 58.5 Å². The minimum absolute atomic E-state index is 0.166. The maximum Gasteiger partial charge on any atom is 0.244 e. The number of benzene rings is 1. The van der Waals surface area contributed by atoms with Crippen molar-refractivity contribution >= 4 is 28.3 Å². The Labute approximate surface area is 165 Å². The number of aromatic nitrogens is 3. The molecule has 0 radical (unpaired) electrons. The van der Waals surface area contributed by atoms with Gasteiger partial charge in [-0.3, -0.25) is 4.79 Å². The number of carbonyl (C=O) groups is 1.